The lowest BCUT2D eigenvalue weighted by molar-refractivity contribution is 0.0694. The summed E-state index contributed by atoms with van der Waals surface area (Å²) < 4.78 is 1.28. The number of aromatic nitrogens is 1. The Hall–Kier alpha value is -1.78. The Morgan fingerprint density at radius 2 is 2.23 bits per heavy atom. The quantitative estimate of drug-likeness (QED) is 0.689. The normalized spacial score (nSPS) is 9.92. The van der Waals surface area contributed by atoms with Crippen LogP contribution < -0.4 is 5.43 Å². The first-order valence-electron chi connectivity index (χ1n) is 3.73. The molecule has 0 saturated carbocycles. The molecule has 0 bridgehead atoms. The summed E-state index contributed by atoms with van der Waals surface area (Å²) in [4.78, 5) is 21.5. The van der Waals surface area contributed by atoms with Crippen LogP contribution in [0.15, 0.2) is 17.1 Å². The minimum atomic E-state index is -1.28. The van der Waals surface area contributed by atoms with Gasteiger partial charge >= 0.3 is 5.97 Å². The highest BCUT2D eigenvalue weighted by Crippen LogP contribution is 2.06. The van der Waals surface area contributed by atoms with Gasteiger partial charge < -0.3 is 14.8 Å². The Morgan fingerprint density at radius 3 is 2.69 bits per heavy atom. The maximum Gasteiger partial charge on any atom is 0.341 e. The summed E-state index contributed by atoms with van der Waals surface area (Å²) in [7, 11) is 0. The van der Waals surface area contributed by atoms with Gasteiger partial charge in [0, 0.05) is 18.8 Å². The van der Waals surface area contributed by atoms with Crippen molar-refractivity contribution < 1.29 is 15.0 Å². The van der Waals surface area contributed by atoms with Gasteiger partial charge in [-0.15, -0.1) is 0 Å². The number of rotatable bonds is 2. The third-order valence-corrected chi connectivity index (χ3v) is 1.68. The summed E-state index contributed by atoms with van der Waals surface area (Å²) in [5.41, 5.74) is -1.02. The van der Waals surface area contributed by atoms with Gasteiger partial charge in [0.05, 0.1) is 0 Å². The summed E-state index contributed by atoms with van der Waals surface area (Å²) in [6.45, 7) is 2.14. The van der Waals surface area contributed by atoms with Gasteiger partial charge in [-0.1, -0.05) is 0 Å². The molecule has 0 aromatic carbocycles. The molecule has 1 rings (SSSR count). The van der Waals surface area contributed by atoms with Crippen LogP contribution in [0, 0.1) is 0 Å². The molecule has 0 aliphatic heterocycles. The molecule has 0 aliphatic carbocycles. The van der Waals surface area contributed by atoms with E-state index >= 15 is 0 Å². The minimum Gasteiger partial charge on any atom is -0.494 e. The van der Waals surface area contributed by atoms with Crippen LogP contribution in [0.2, 0.25) is 0 Å². The number of hydrogen-bond acceptors (Lipinski definition) is 3. The molecule has 0 spiro atoms. The summed E-state index contributed by atoms with van der Waals surface area (Å²) in [5.74, 6) is -1.51. The van der Waals surface area contributed by atoms with Crippen molar-refractivity contribution in [1.29, 1.82) is 0 Å². The van der Waals surface area contributed by atoms with Gasteiger partial charge in [-0.05, 0) is 6.92 Å². The Morgan fingerprint density at radius 1 is 1.62 bits per heavy atom. The maximum atomic E-state index is 11.0. The predicted octanol–water partition coefficient (Wildman–Crippen LogP) is 0.272. The van der Waals surface area contributed by atoms with Crippen LogP contribution in [0.4, 0.5) is 0 Å². The zero-order valence-corrected chi connectivity index (χ0v) is 7.02. The molecular weight excluding hydrogens is 174 g/mol. The molecule has 13 heavy (non-hydrogen) atoms. The SMILES string of the molecule is CCn1cc(C(=O)O)c(=O)cc1O. The van der Waals surface area contributed by atoms with E-state index in [2.05, 4.69) is 0 Å². The largest absolute Gasteiger partial charge is 0.494 e. The molecule has 0 amide bonds. The second-order valence-corrected chi connectivity index (χ2v) is 2.50. The van der Waals surface area contributed by atoms with Crippen molar-refractivity contribution in [2.24, 2.45) is 0 Å². The van der Waals surface area contributed by atoms with E-state index in [1.54, 1.807) is 6.92 Å². The summed E-state index contributed by atoms with van der Waals surface area (Å²) >= 11 is 0. The molecular formula is C8H9NO4. The fourth-order valence-electron chi connectivity index (χ4n) is 0.977. The van der Waals surface area contributed by atoms with Crippen molar-refractivity contribution in [1.82, 2.24) is 4.57 Å². The fraction of sp³-hybridized carbons (Fsp3) is 0.250. The van der Waals surface area contributed by atoms with Crippen LogP contribution in [0.3, 0.4) is 0 Å². The molecule has 0 saturated heterocycles. The molecule has 5 nitrogen and oxygen atoms in total. The number of carboxylic acids is 1. The molecule has 1 aromatic rings. The van der Waals surface area contributed by atoms with Crippen molar-refractivity contribution in [2.75, 3.05) is 0 Å². The van der Waals surface area contributed by atoms with Crippen LogP contribution >= 0.6 is 0 Å². The Labute approximate surface area is 73.9 Å². The average molecular weight is 183 g/mol. The number of aromatic carboxylic acids is 1. The highest BCUT2D eigenvalue weighted by molar-refractivity contribution is 5.87. The van der Waals surface area contributed by atoms with E-state index < -0.39 is 11.4 Å². The van der Waals surface area contributed by atoms with Gasteiger partial charge in [0.15, 0.2) is 11.3 Å². The van der Waals surface area contributed by atoms with Gasteiger partial charge in [-0.2, -0.15) is 0 Å². The third kappa shape index (κ3) is 1.69. The Bertz CT molecular complexity index is 394. The zero-order chi connectivity index (χ0) is 10.0. The Kier molecular flexibility index (Phi) is 2.36. The average Bonchev–Trinajstić information content (AvgIpc) is 2.03. The zero-order valence-electron chi connectivity index (χ0n) is 7.02. The standard InChI is InChI=1S/C8H9NO4/c1-2-9-4-5(8(12)13)6(10)3-7(9)11/h3-4,11H,2H2,1H3,(H,12,13). The molecule has 1 aromatic heterocycles. The van der Waals surface area contributed by atoms with Crippen molar-refractivity contribution in [2.45, 2.75) is 13.5 Å². The lowest BCUT2D eigenvalue weighted by Gasteiger charge is -2.05. The van der Waals surface area contributed by atoms with E-state index in [4.69, 9.17) is 10.2 Å². The lowest BCUT2D eigenvalue weighted by Crippen LogP contribution is -2.16. The van der Waals surface area contributed by atoms with Gasteiger partial charge in [0.1, 0.15) is 5.56 Å². The van der Waals surface area contributed by atoms with E-state index in [0.717, 1.165) is 12.3 Å². The van der Waals surface area contributed by atoms with Crippen LogP contribution in [0.1, 0.15) is 17.3 Å². The van der Waals surface area contributed by atoms with Crippen LogP contribution in [0.25, 0.3) is 0 Å². The van der Waals surface area contributed by atoms with Gasteiger partial charge in [-0.3, -0.25) is 4.79 Å². The fourth-order valence-corrected chi connectivity index (χ4v) is 0.977. The van der Waals surface area contributed by atoms with E-state index in [0.29, 0.717) is 6.54 Å². The topological polar surface area (TPSA) is 79.5 Å². The first-order valence-corrected chi connectivity index (χ1v) is 3.73. The Balaban J connectivity index is 3.39. The van der Waals surface area contributed by atoms with E-state index in [-0.39, 0.29) is 11.4 Å². The summed E-state index contributed by atoms with van der Waals surface area (Å²) in [6.07, 6.45) is 1.12. The molecule has 5 heteroatoms. The van der Waals surface area contributed by atoms with Crippen LogP contribution in [-0.2, 0) is 6.54 Å². The van der Waals surface area contributed by atoms with Crippen molar-refractivity contribution in [3.63, 3.8) is 0 Å². The number of aromatic hydroxyl groups is 1. The number of pyridine rings is 1. The number of aryl methyl sites for hydroxylation is 1. The number of hydrogen-bond donors (Lipinski definition) is 2. The second kappa shape index (κ2) is 3.30. The monoisotopic (exact) mass is 183 g/mol. The number of carboxylic acid groups (broad SMARTS) is 1. The highest BCUT2D eigenvalue weighted by Gasteiger charge is 2.10. The number of nitrogens with zero attached hydrogens (tertiary/aromatic N) is 1. The number of carbonyl (C=O) groups is 1. The van der Waals surface area contributed by atoms with Crippen molar-refractivity contribution >= 4 is 5.97 Å². The van der Waals surface area contributed by atoms with E-state index in [1.807, 2.05) is 0 Å². The molecule has 1 heterocycles. The smallest absolute Gasteiger partial charge is 0.341 e. The maximum absolute atomic E-state index is 11.0. The van der Waals surface area contributed by atoms with Gasteiger partial charge in [0.25, 0.3) is 0 Å². The minimum absolute atomic E-state index is 0.225. The summed E-state index contributed by atoms with van der Waals surface area (Å²) in [6, 6.07) is 0.896. The molecule has 2 N–H and O–H groups in total. The molecule has 0 radical (unpaired) electrons. The first-order chi connectivity index (χ1) is 6.06. The molecule has 0 fully saturated rings. The van der Waals surface area contributed by atoms with Crippen molar-refractivity contribution in [3.8, 4) is 5.88 Å². The van der Waals surface area contributed by atoms with Crippen LogP contribution in [0.5, 0.6) is 5.88 Å². The van der Waals surface area contributed by atoms with Gasteiger partial charge in [-0.25, -0.2) is 4.79 Å². The van der Waals surface area contributed by atoms with Gasteiger partial charge in [0.2, 0.25) is 0 Å². The third-order valence-electron chi connectivity index (χ3n) is 1.68. The second-order valence-electron chi connectivity index (χ2n) is 2.50. The van der Waals surface area contributed by atoms with E-state index in [1.165, 1.54) is 4.57 Å². The molecule has 70 valence electrons. The van der Waals surface area contributed by atoms with Crippen LogP contribution in [-0.4, -0.2) is 20.7 Å². The van der Waals surface area contributed by atoms with E-state index in [9.17, 15) is 9.59 Å². The first kappa shape index (κ1) is 9.31. The summed E-state index contributed by atoms with van der Waals surface area (Å²) in [5, 5.41) is 17.7. The predicted molar refractivity (Wildman–Crippen MR) is 45.0 cm³/mol. The van der Waals surface area contributed by atoms with Crippen molar-refractivity contribution in [3.05, 3.63) is 28.0 Å². The molecule has 0 atom stereocenters. The lowest BCUT2D eigenvalue weighted by atomic mass is 10.2. The molecule has 0 aliphatic rings. The highest BCUT2D eigenvalue weighted by atomic mass is 16.4. The molecule has 0 unspecified atom stereocenters.